The van der Waals surface area contributed by atoms with Gasteiger partial charge in [-0.1, -0.05) is 30.2 Å². The van der Waals surface area contributed by atoms with Crippen LogP contribution in [0.1, 0.15) is 45.4 Å². The van der Waals surface area contributed by atoms with Crippen molar-refractivity contribution in [3.05, 3.63) is 37.5 Å². The van der Waals surface area contributed by atoms with Crippen molar-refractivity contribution in [2.45, 2.75) is 51.6 Å². The maximum atomic E-state index is 10.9. The van der Waals surface area contributed by atoms with Crippen LogP contribution in [-0.4, -0.2) is 12.1 Å². The van der Waals surface area contributed by atoms with Gasteiger partial charge in [-0.2, -0.15) is 0 Å². The van der Waals surface area contributed by atoms with Gasteiger partial charge in [0.15, 0.2) is 6.10 Å². The van der Waals surface area contributed by atoms with E-state index in [1.165, 1.54) is 19.8 Å². The molecule has 0 aromatic rings. The van der Waals surface area contributed by atoms with Crippen LogP contribution in [-0.2, 0) is 9.53 Å². The van der Waals surface area contributed by atoms with Crippen molar-refractivity contribution in [1.29, 1.82) is 0 Å². The van der Waals surface area contributed by atoms with Gasteiger partial charge in [0.2, 0.25) is 0 Å². The maximum absolute atomic E-state index is 10.9. The second kappa shape index (κ2) is 14.2. The van der Waals surface area contributed by atoms with Gasteiger partial charge in [-0.05, 0) is 43.4 Å². The van der Waals surface area contributed by atoms with E-state index >= 15 is 0 Å². The number of hydrogen-bond donors (Lipinski definition) is 0. The summed E-state index contributed by atoms with van der Waals surface area (Å²) in [4.78, 5) is 10.9. The van der Waals surface area contributed by atoms with Gasteiger partial charge in [0, 0.05) is 19.8 Å². The largest absolute Gasteiger partial charge is 0.449 e. The fraction of sp³-hybridized carbons (Fsp3) is 0.421. The normalized spacial score (nSPS) is 10.7. The van der Waals surface area contributed by atoms with Crippen molar-refractivity contribution in [1.82, 2.24) is 0 Å². The molecule has 1 atom stereocenters. The van der Waals surface area contributed by atoms with E-state index in [1.807, 2.05) is 6.08 Å². The van der Waals surface area contributed by atoms with Crippen LogP contribution < -0.4 is 0 Å². The zero-order chi connectivity index (χ0) is 15.8. The molecule has 21 heavy (non-hydrogen) atoms. The van der Waals surface area contributed by atoms with Crippen molar-refractivity contribution in [3.8, 4) is 23.7 Å². The summed E-state index contributed by atoms with van der Waals surface area (Å²) >= 11 is 0. The molecule has 112 valence electrons. The monoisotopic (exact) mass is 284 g/mol. The molecule has 2 heteroatoms. The summed E-state index contributed by atoms with van der Waals surface area (Å²) < 4.78 is 5.01. The number of esters is 1. The van der Waals surface area contributed by atoms with Crippen molar-refractivity contribution in [2.24, 2.45) is 0 Å². The first kappa shape index (κ1) is 18.8. The molecule has 0 bridgehead atoms. The lowest BCUT2D eigenvalue weighted by Gasteiger charge is -2.06. The summed E-state index contributed by atoms with van der Waals surface area (Å²) in [5, 5.41) is 0. The standard InChI is InChI=1S/C19H24O2/c1-4-6-7-8-9-10-11-12-13-14-15-17-19(16-5-2)21-18(3)20/h4-5,10-11,19H,1-2,6-9,12,16H2,3H3/b11-10+/t19-/m1/s1. The molecule has 0 spiro atoms. The molecule has 0 unspecified atom stereocenters. The van der Waals surface area contributed by atoms with Crippen LogP contribution in [0, 0.1) is 23.7 Å². The van der Waals surface area contributed by atoms with E-state index in [2.05, 4.69) is 49.0 Å². The summed E-state index contributed by atoms with van der Waals surface area (Å²) in [5.41, 5.74) is 0. The zero-order valence-corrected chi connectivity index (χ0v) is 12.9. The number of carbonyl (C=O) groups excluding carboxylic acids is 1. The predicted molar refractivity (Wildman–Crippen MR) is 88.3 cm³/mol. The molecule has 0 aromatic carbocycles. The Bertz CT molecular complexity index is 463. The quantitative estimate of drug-likeness (QED) is 0.274. The smallest absolute Gasteiger partial charge is 0.303 e. The van der Waals surface area contributed by atoms with Crippen molar-refractivity contribution in [2.75, 3.05) is 0 Å². The van der Waals surface area contributed by atoms with Gasteiger partial charge in [-0.15, -0.1) is 13.2 Å². The number of rotatable bonds is 9. The summed E-state index contributed by atoms with van der Waals surface area (Å²) in [6, 6.07) is 0. The van der Waals surface area contributed by atoms with Gasteiger partial charge in [0.05, 0.1) is 0 Å². The summed E-state index contributed by atoms with van der Waals surface area (Å²) in [7, 11) is 0. The molecule has 0 N–H and O–H groups in total. The minimum Gasteiger partial charge on any atom is -0.449 e. The van der Waals surface area contributed by atoms with E-state index in [0.29, 0.717) is 12.8 Å². The number of allylic oxidation sites excluding steroid dienone is 3. The van der Waals surface area contributed by atoms with E-state index in [0.717, 1.165) is 12.8 Å². The molecule has 0 fully saturated rings. The average molecular weight is 284 g/mol. The van der Waals surface area contributed by atoms with Crippen molar-refractivity contribution in [3.63, 3.8) is 0 Å². The molecule has 0 aliphatic rings. The number of ether oxygens (including phenoxy) is 1. The van der Waals surface area contributed by atoms with Gasteiger partial charge in [-0.25, -0.2) is 0 Å². The highest BCUT2D eigenvalue weighted by Gasteiger charge is 2.04. The Balaban J connectivity index is 3.97. The summed E-state index contributed by atoms with van der Waals surface area (Å²) in [6.45, 7) is 8.66. The van der Waals surface area contributed by atoms with Crippen LogP contribution in [0.3, 0.4) is 0 Å². The first-order chi connectivity index (χ1) is 10.2. The minimum atomic E-state index is -0.449. The van der Waals surface area contributed by atoms with E-state index in [-0.39, 0.29) is 5.97 Å². The van der Waals surface area contributed by atoms with Gasteiger partial charge >= 0.3 is 5.97 Å². The Hall–Kier alpha value is -2.19. The highest BCUT2D eigenvalue weighted by molar-refractivity contribution is 5.66. The minimum absolute atomic E-state index is 0.344. The lowest BCUT2D eigenvalue weighted by atomic mass is 10.2. The molecule has 0 aliphatic heterocycles. The molecule has 0 rings (SSSR count). The maximum Gasteiger partial charge on any atom is 0.303 e. The van der Waals surface area contributed by atoms with E-state index in [1.54, 1.807) is 6.08 Å². The van der Waals surface area contributed by atoms with Crippen LogP contribution in [0.15, 0.2) is 37.5 Å². The van der Waals surface area contributed by atoms with Crippen molar-refractivity contribution >= 4 is 5.97 Å². The lowest BCUT2D eigenvalue weighted by molar-refractivity contribution is -0.143. The molecular formula is C19H24O2. The van der Waals surface area contributed by atoms with Crippen LogP contribution in [0.4, 0.5) is 0 Å². The SMILES string of the molecule is C=CCCCC/C=C/CC#CC#C[C@@H](CC=C)OC(C)=O. The molecule has 0 heterocycles. The third kappa shape index (κ3) is 14.0. The Labute approximate surface area is 129 Å². The van der Waals surface area contributed by atoms with E-state index in [4.69, 9.17) is 4.74 Å². The number of hydrogen-bond acceptors (Lipinski definition) is 2. The predicted octanol–water partition coefficient (Wildman–Crippen LogP) is 4.19. The molecular weight excluding hydrogens is 260 g/mol. The first-order valence-corrected chi connectivity index (χ1v) is 7.23. The highest BCUT2D eigenvalue weighted by atomic mass is 16.5. The Kier molecular flexibility index (Phi) is 12.7. The van der Waals surface area contributed by atoms with Crippen LogP contribution in [0.2, 0.25) is 0 Å². The molecule has 2 nitrogen and oxygen atoms in total. The van der Waals surface area contributed by atoms with Gasteiger partial charge in [0.1, 0.15) is 0 Å². The van der Waals surface area contributed by atoms with Gasteiger partial charge in [-0.3, -0.25) is 4.79 Å². The van der Waals surface area contributed by atoms with Crippen LogP contribution >= 0.6 is 0 Å². The van der Waals surface area contributed by atoms with Crippen LogP contribution in [0.5, 0.6) is 0 Å². The molecule has 0 saturated carbocycles. The van der Waals surface area contributed by atoms with Crippen LogP contribution in [0.25, 0.3) is 0 Å². The highest BCUT2D eigenvalue weighted by Crippen LogP contribution is 2.01. The molecule has 0 radical (unpaired) electrons. The van der Waals surface area contributed by atoms with Crippen molar-refractivity contribution < 1.29 is 9.53 Å². The number of unbranched alkanes of at least 4 members (excludes halogenated alkanes) is 3. The summed E-state index contributed by atoms with van der Waals surface area (Å²) in [6.07, 6.45) is 13.1. The Morgan fingerprint density at radius 3 is 2.57 bits per heavy atom. The Morgan fingerprint density at radius 1 is 1.14 bits per heavy atom. The fourth-order valence-corrected chi connectivity index (χ4v) is 1.51. The molecule has 0 saturated heterocycles. The molecule has 0 aromatic heterocycles. The van der Waals surface area contributed by atoms with E-state index in [9.17, 15) is 4.79 Å². The second-order valence-electron chi connectivity index (χ2n) is 4.44. The third-order valence-electron chi connectivity index (χ3n) is 2.49. The molecule has 0 amide bonds. The first-order valence-electron chi connectivity index (χ1n) is 7.23. The average Bonchev–Trinajstić information content (AvgIpc) is 2.44. The Morgan fingerprint density at radius 2 is 1.90 bits per heavy atom. The second-order valence-corrected chi connectivity index (χ2v) is 4.44. The summed E-state index contributed by atoms with van der Waals surface area (Å²) in [5.74, 6) is 10.9. The number of carbonyl (C=O) groups is 1. The van der Waals surface area contributed by atoms with Gasteiger partial charge in [0.25, 0.3) is 0 Å². The lowest BCUT2D eigenvalue weighted by Crippen LogP contribution is -2.12. The third-order valence-corrected chi connectivity index (χ3v) is 2.49. The topological polar surface area (TPSA) is 26.3 Å². The van der Waals surface area contributed by atoms with E-state index < -0.39 is 6.10 Å². The van der Waals surface area contributed by atoms with Gasteiger partial charge < -0.3 is 4.74 Å². The molecule has 0 aliphatic carbocycles. The fourth-order valence-electron chi connectivity index (χ4n) is 1.51. The zero-order valence-electron chi connectivity index (χ0n) is 12.9.